The van der Waals surface area contributed by atoms with Crippen LogP contribution in [0.2, 0.25) is 0 Å². The molecule has 0 atom stereocenters. The van der Waals surface area contributed by atoms with Crippen molar-refractivity contribution < 1.29 is 14.0 Å². The zero-order valence-corrected chi connectivity index (χ0v) is 6.37. The zero-order valence-electron chi connectivity index (χ0n) is 6.37. The molecule has 1 fully saturated rings. The number of carbonyl (C=O) groups is 2. The minimum Gasteiger partial charge on any atom is -0.325 e. The highest BCUT2D eigenvalue weighted by Crippen LogP contribution is 2.08. The SMILES string of the molecule is CN1CN(C)C(=O)C(F)C1=O. The predicted molar refractivity (Wildman–Crippen MR) is 35.3 cm³/mol. The Kier molecular flexibility index (Phi) is 1.80. The van der Waals surface area contributed by atoms with Crippen LogP contribution in [0.3, 0.4) is 0 Å². The van der Waals surface area contributed by atoms with Crippen LogP contribution in [-0.4, -0.2) is 48.5 Å². The molecule has 0 saturated carbocycles. The van der Waals surface area contributed by atoms with Gasteiger partial charge in [0, 0.05) is 14.1 Å². The van der Waals surface area contributed by atoms with Crippen LogP contribution in [0.15, 0.2) is 0 Å². The lowest BCUT2D eigenvalue weighted by atomic mass is 10.2. The van der Waals surface area contributed by atoms with Crippen molar-refractivity contribution in [3.8, 4) is 0 Å². The third-order valence-corrected chi connectivity index (χ3v) is 1.61. The largest absolute Gasteiger partial charge is 0.325 e. The fraction of sp³-hybridized carbons (Fsp3) is 0.667. The maximum atomic E-state index is 12.7. The average molecular weight is 160 g/mol. The highest BCUT2D eigenvalue weighted by molar-refractivity contribution is 6.04. The van der Waals surface area contributed by atoms with E-state index in [1.54, 1.807) is 0 Å². The molecule has 0 spiro atoms. The van der Waals surface area contributed by atoms with Gasteiger partial charge in [-0.3, -0.25) is 9.59 Å². The van der Waals surface area contributed by atoms with E-state index in [2.05, 4.69) is 0 Å². The molecule has 0 aromatic heterocycles. The third kappa shape index (κ3) is 1.18. The maximum Gasteiger partial charge on any atom is 0.268 e. The van der Waals surface area contributed by atoms with Crippen molar-refractivity contribution in [2.24, 2.45) is 0 Å². The Morgan fingerprint density at radius 2 is 1.64 bits per heavy atom. The molecular weight excluding hydrogens is 151 g/mol. The Hall–Kier alpha value is -1.13. The highest BCUT2D eigenvalue weighted by Gasteiger charge is 2.36. The number of alkyl halides is 1. The van der Waals surface area contributed by atoms with Crippen molar-refractivity contribution in [3.63, 3.8) is 0 Å². The molecule has 1 rings (SSSR count). The smallest absolute Gasteiger partial charge is 0.268 e. The van der Waals surface area contributed by atoms with Crippen LogP contribution in [0.5, 0.6) is 0 Å². The van der Waals surface area contributed by atoms with E-state index in [1.165, 1.54) is 23.9 Å². The molecule has 1 saturated heterocycles. The molecule has 0 N–H and O–H groups in total. The number of carbonyl (C=O) groups excluding carboxylic acids is 2. The summed E-state index contributed by atoms with van der Waals surface area (Å²) in [4.78, 5) is 23.9. The van der Waals surface area contributed by atoms with Crippen molar-refractivity contribution >= 4 is 11.8 Å². The number of nitrogens with zero attached hydrogens (tertiary/aromatic N) is 2. The van der Waals surface area contributed by atoms with Crippen molar-refractivity contribution in [2.75, 3.05) is 20.8 Å². The summed E-state index contributed by atoms with van der Waals surface area (Å²) in [6.07, 6.45) is -2.00. The van der Waals surface area contributed by atoms with Crippen LogP contribution >= 0.6 is 0 Å². The molecule has 0 aromatic carbocycles. The summed E-state index contributed by atoms with van der Waals surface area (Å²) in [7, 11) is 2.91. The van der Waals surface area contributed by atoms with E-state index < -0.39 is 18.0 Å². The molecule has 0 bridgehead atoms. The number of hydrogen-bond acceptors (Lipinski definition) is 2. The standard InChI is InChI=1S/C6H9FN2O2/c1-8-3-9(2)6(11)4(7)5(8)10/h4H,3H2,1-2H3. The second-order valence-electron chi connectivity index (χ2n) is 2.58. The molecular formula is C6H9FN2O2. The molecule has 62 valence electrons. The van der Waals surface area contributed by atoms with Crippen LogP contribution < -0.4 is 0 Å². The normalized spacial score (nSPS) is 21.4. The molecule has 11 heavy (non-hydrogen) atoms. The van der Waals surface area contributed by atoms with Gasteiger partial charge in [-0.05, 0) is 0 Å². The highest BCUT2D eigenvalue weighted by atomic mass is 19.1. The second kappa shape index (κ2) is 2.48. The van der Waals surface area contributed by atoms with Crippen molar-refractivity contribution in [1.82, 2.24) is 9.80 Å². The first-order valence-corrected chi connectivity index (χ1v) is 3.18. The van der Waals surface area contributed by atoms with Gasteiger partial charge in [0.15, 0.2) is 0 Å². The van der Waals surface area contributed by atoms with Gasteiger partial charge in [0.05, 0.1) is 6.67 Å². The number of rotatable bonds is 0. The number of amides is 2. The fourth-order valence-electron chi connectivity index (χ4n) is 0.950. The summed E-state index contributed by atoms with van der Waals surface area (Å²) in [5.41, 5.74) is 0. The molecule has 0 radical (unpaired) electrons. The minimum atomic E-state index is -2.00. The van der Waals surface area contributed by atoms with Gasteiger partial charge in [-0.15, -0.1) is 0 Å². The molecule has 0 unspecified atom stereocenters. The molecule has 5 heteroatoms. The summed E-state index contributed by atoms with van der Waals surface area (Å²) in [5.74, 6) is -1.51. The maximum absolute atomic E-state index is 12.7. The summed E-state index contributed by atoms with van der Waals surface area (Å²) < 4.78 is 12.7. The molecule has 4 nitrogen and oxygen atoms in total. The van der Waals surface area contributed by atoms with E-state index in [0.717, 1.165) is 0 Å². The summed E-state index contributed by atoms with van der Waals surface area (Å²) in [5, 5.41) is 0. The van der Waals surface area contributed by atoms with E-state index in [0.29, 0.717) is 0 Å². The molecule has 1 heterocycles. The van der Waals surface area contributed by atoms with E-state index in [1.807, 2.05) is 0 Å². The first-order valence-electron chi connectivity index (χ1n) is 3.18. The lowest BCUT2D eigenvalue weighted by Gasteiger charge is -2.31. The van der Waals surface area contributed by atoms with Crippen molar-refractivity contribution in [1.29, 1.82) is 0 Å². The van der Waals surface area contributed by atoms with Gasteiger partial charge in [-0.2, -0.15) is 0 Å². The molecule has 1 aliphatic heterocycles. The van der Waals surface area contributed by atoms with Crippen LogP contribution in [-0.2, 0) is 9.59 Å². The predicted octanol–water partition coefficient (Wildman–Crippen LogP) is -0.788. The van der Waals surface area contributed by atoms with Crippen LogP contribution in [0, 0.1) is 0 Å². The van der Waals surface area contributed by atoms with Gasteiger partial charge in [0.1, 0.15) is 0 Å². The number of halogens is 1. The van der Waals surface area contributed by atoms with Gasteiger partial charge in [0.25, 0.3) is 18.0 Å². The van der Waals surface area contributed by atoms with E-state index in [9.17, 15) is 14.0 Å². The van der Waals surface area contributed by atoms with Gasteiger partial charge in [-0.25, -0.2) is 4.39 Å². The van der Waals surface area contributed by atoms with Gasteiger partial charge < -0.3 is 9.80 Å². The Bertz CT molecular complexity index is 187. The van der Waals surface area contributed by atoms with Crippen LogP contribution in [0.4, 0.5) is 4.39 Å². The Morgan fingerprint density at radius 1 is 1.27 bits per heavy atom. The fourth-order valence-corrected chi connectivity index (χ4v) is 0.950. The van der Waals surface area contributed by atoms with Crippen LogP contribution in [0.1, 0.15) is 0 Å². The van der Waals surface area contributed by atoms with Gasteiger partial charge in [0.2, 0.25) is 0 Å². The third-order valence-electron chi connectivity index (χ3n) is 1.61. The van der Waals surface area contributed by atoms with E-state index in [-0.39, 0.29) is 6.67 Å². The lowest BCUT2D eigenvalue weighted by Crippen LogP contribution is -2.54. The topological polar surface area (TPSA) is 40.6 Å². The number of hydrogen-bond donors (Lipinski definition) is 0. The zero-order chi connectivity index (χ0) is 8.59. The van der Waals surface area contributed by atoms with Gasteiger partial charge >= 0.3 is 0 Å². The monoisotopic (exact) mass is 160 g/mol. The lowest BCUT2D eigenvalue weighted by molar-refractivity contribution is -0.156. The van der Waals surface area contributed by atoms with Crippen molar-refractivity contribution in [2.45, 2.75) is 6.17 Å². The van der Waals surface area contributed by atoms with Gasteiger partial charge in [-0.1, -0.05) is 0 Å². The Morgan fingerprint density at radius 3 is 2.00 bits per heavy atom. The molecule has 0 aliphatic carbocycles. The van der Waals surface area contributed by atoms with E-state index >= 15 is 0 Å². The summed E-state index contributed by atoms with van der Waals surface area (Å²) >= 11 is 0. The molecule has 1 aliphatic rings. The van der Waals surface area contributed by atoms with E-state index in [4.69, 9.17) is 0 Å². The summed E-state index contributed by atoms with van der Waals surface area (Å²) in [6.45, 7) is 0.165. The van der Waals surface area contributed by atoms with Crippen molar-refractivity contribution in [3.05, 3.63) is 0 Å². The average Bonchev–Trinajstić information content (AvgIpc) is 1.97. The quantitative estimate of drug-likeness (QED) is 0.436. The first-order chi connectivity index (χ1) is 5.04. The van der Waals surface area contributed by atoms with Crippen LogP contribution in [0.25, 0.3) is 0 Å². The first kappa shape index (κ1) is 7.97. The second-order valence-corrected chi connectivity index (χ2v) is 2.58. The molecule has 2 amide bonds. The Balaban J connectivity index is 2.79. The Labute approximate surface area is 63.6 Å². The molecule has 0 aromatic rings. The summed E-state index contributed by atoms with van der Waals surface area (Å²) in [6, 6.07) is 0. The minimum absolute atomic E-state index is 0.165.